The van der Waals surface area contributed by atoms with E-state index in [4.69, 9.17) is 4.74 Å². The predicted molar refractivity (Wildman–Crippen MR) is 69.7 cm³/mol. The molecule has 0 aromatic heterocycles. The molecule has 4 heteroatoms. The fraction of sp³-hybridized carbons (Fsp3) is 0.500. The number of para-hydroxylation sites is 1. The van der Waals surface area contributed by atoms with E-state index in [1.165, 1.54) is 24.8 Å². The molecule has 18 heavy (non-hydrogen) atoms. The average molecular weight is 246 g/mol. The molecule has 1 fully saturated rings. The van der Waals surface area contributed by atoms with Gasteiger partial charge in [0.15, 0.2) is 6.61 Å². The number of anilines is 1. The number of likely N-dealkylation sites (tertiary alicyclic amines) is 1. The molecule has 1 amide bonds. The number of ether oxygens (including phenoxy) is 1. The number of rotatable bonds is 2. The monoisotopic (exact) mass is 246 g/mol. The Labute approximate surface area is 107 Å². The third-order valence-electron chi connectivity index (χ3n) is 3.56. The summed E-state index contributed by atoms with van der Waals surface area (Å²) in [6.45, 7) is 3.37. The van der Waals surface area contributed by atoms with Gasteiger partial charge in [-0.25, -0.2) is 0 Å². The van der Waals surface area contributed by atoms with Crippen LogP contribution in [0.5, 0.6) is 5.75 Å². The number of hydrogen-bond donors (Lipinski definition) is 1. The second-order valence-electron chi connectivity index (χ2n) is 4.97. The smallest absolute Gasteiger partial charge is 0.262 e. The first kappa shape index (κ1) is 11.5. The van der Waals surface area contributed by atoms with Crippen molar-refractivity contribution < 1.29 is 9.53 Å². The molecule has 0 saturated carbocycles. The first-order valence-corrected chi connectivity index (χ1v) is 6.60. The molecule has 4 nitrogen and oxygen atoms in total. The molecule has 2 aliphatic heterocycles. The van der Waals surface area contributed by atoms with Crippen molar-refractivity contribution in [2.45, 2.75) is 25.8 Å². The first-order chi connectivity index (χ1) is 8.83. The highest BCUT2D eigenvalue weighted by molar-refractivity contribution is 5.95. The molecule has 1 N–H and O–H groups in total. The van der Waals surface area contributed by atoms with E-state index in [1.54, 1.807) is 0 Å². The van der Waals surface area contributed by atoms with Gasteiger partial charge in [-0.2, -0.15) is 0 Å². The van der Waals surface area contributed by atoms with Crippen molar-refractivity contribution in [2.75, 3.05) is 25.0 Å². The van der Waals surface area contributed by atoms with Gasteiger partial charge < -0.3 is 10.1 Å². The molecule has 2 aliphatic rings. The van der Waals surface area contributed by atoms with Gasteiger partial charge in [0.1, 0.15) is 5.75 Å². The summed E-state index contributed by atoms with van der Waals surface area (Å²) >= 11 is 0. The first-order valence-electron chi connectivity index (χ1n) is 6.60. The molecule has 0 unspecified atom stereocenters. The Balaban J connectivity index is 1.79. The van der Waals surface area contributed by atoms with Gasteiger partial charge in [-0.1, -0.05) is 18.6 Å². The van der Waals surface area contributed by atoms with Crippen LogP contribution in [0.4, 0.5) is 5.69 Å². The van der Waals surface area contributed by atoms with Crippen molar-refractivity contribution in [1.29, 1.82) is 0 Å². The van der Waals surface area contributed by atoms with Crippen LogP contribution in [-0.4, -0.2) is 30.5 Å². The van der Waals surface area contributed by atoms with E-state index in [0.29, 0.717) is 0 Å². The predicted octanol–water partition coefficient (Wildman–Crippen LogP) is 2.00. The zero-order chi connectivity index (χ0) is 12.4. The van der Waals surface area contributed by atoms with Crippen LogP contribution in [0.25, 0.3) is 0 Å². The molecule has 0 radical (unpaired) electrons. The summed E-state index contributed by atoms with van der Waals surface area (Å²) < 4.78 is 5.57. The number of fused-ring (bicyclic) bond motifs is 1. The fourth-order valence-electron chi connectivity index (χ4n) is 2.66. The molecule has 0 spiro atoms. The summed E-state index contributed by atoms with van der Waals surface area (Å²) in [5.74, 6) is 0.778. The molecular formula is C14H18N2O2. The van der Waals surface area contributed by atoms with Crippen LogP contribution in [0, 0.1) is 0 Å². The lowest BCUT2D eigenvalue weighted by molar-refractivity contribution is -0.118. The Morgan fingerprint density at radius 3 is 2.89 bits per heavy atom. The molecular weight excluding hydrogens is 228 g/mol. The second-order valence-corrected chi connectivity index (χ2v) is 4.97. The van der Waals surface area contributed by atoms with Gasteiger partial charge in [-0.05, 0) is 32.0 Å². The SMILES string of the molecule is O=C1COc2c(CN3CCCCC3)cccc2N1. The number of hydrogen-bond acceptors (Lipinski definition) is 3. The summed E-state index contributed by atoms with van der Waals surface area (Å²) in [7, 11) is 0. The topological polar surface area (TPSA) is 41.6 Å². The van der Waals surface area contributed by atoms with Gasteiger partial charge >= 0.3 is 0 Å². The van der Waals surface area contributed by atoms with Crippen LogP contribution < -0.4 is 10.1 Å². The highest BCUT2D eigenvalue weighted by Gasteiger charge is 2.20. The molecule has 3 rings (SSSR count). The standard InChI is InChI=1S/C14H18N2O2/c17-13-10-18-14-11(5-4-6-12(14)15-13)9-16-7-2-1-3-8-16/h4-6H,1-3,7-10H2,(H,15,17). The third-order valence-corrected chi connectivity index (χ3v) is 3.56. The number of benzene rings is 1. The summed E-state index contributed by atoms with van der Waals surface area (Å²) in [6, 6.07) is 5.96. The van der Waals surface area contributed by atoms with E-state index in [9.17, 15) is 4.79 Å². The normalized spacial score (nSPS) is 19.9. The van der Waals surface area contributed by atoms with Crippen LogP contribution in [0.1, 0.15) is 24.8 Å². The number of piperidine rings is 1. The molecule has 0 bridgehead atoms. The Hall–Kier alpha value is -1.55. The molecule has 0 atom stereocenters. The second kappa shape index (κ2) is 4.98. The fourth-order valence-corrected chi connectivity index (χ4v) is 2.66. The number of amides is 1. The molecule has 1 aromatic carbocycles. The Kier molecular flexibility index (Phi) is 3.19. The summed E-state index contributed by atoms with van der Waals surface area (Å²) in [5, 5.41) is 2.86. The Morgan fingerprint density at radius 2 is 2.06 bits per heavy atom. The van der Waals surface area contributed by atoms with Crippen molar-refractivity contribution >= 4 is 11.6 Å². The molecule has 96 valence electrons. The van der Waals surface area contributed by atoms with Crippen LogP contribution >= 0.6 is 0 Å². The maximum absolute atomic E-state index is 11.3. The molecule has 2 heterocycles. The summed E-state index contributed by atoms with van der Waals surface area (Å²) in [5.41, 5.74) is 1.98. The van der Waals surface area contributed by atoms with E-state index < -0.39 is 0 Å². The van der Waals surface area contributed by atoms with E-state index in [1.807, 2.05) is 12.1 Å². The maximum Gasteiger partial charge on any atom is 0.262 e. The van der Waals surface area contributed by atoms with Gasteiger partial charge in [0.2, 0.25) is 0 Å². The Bertz CT molecular complexity index is 453. The molecule has 1 aromatic rings. The van der Waals surface area contributed by atoms with Crippen molar-refractivity contribution in [1.82, 2.24) is 4.90 Å². The number of nitrogens with one attached hydrogen (secondary N) is 1. The van der Waals surface area contributed by atoms with Crippen molar-refractivity contribution in [3.8, 4) is 5.75 Å². The van der Waals surface area contributed by atoms with E-state index >= 15 is 0 Å². The number of carbonyl (C=O) groups excluding carboxylic acids is 1. The van der Waals surface area contributed by atoms with E-state index in [0.717, 1.165) is 31.1 Å². The lowest BCUT2D eigenvalue weighted by atomic mass is 10.1. The van der Waals surface area contributed by atoms with Crippen molar-refractivity contribution in [3.05, 3.63) is 23.8 Å². The number of nitrogens with zero attached hydrogens (tertiary/aromatic N) is 1. The van der Waals surface area contributed by atoms with Gasteiger partial charge in [0.05, 0.1) is 5.69 Å². The van der Waals surface area contributed by atoms with Crippen LogP contribution in [-0.2, 0) is 11.3 Å². The maximum atomic E-state index is 11.3. The highest BCUT2D eigenvalue weighted by Crippen LogP contribution is 2.32. The van der Waals surface area contributed by atoms with E-state index in [2.05, 4.69) is 16.3 Å². The highest BCUT2D eigenvalue weighted by atomic mass is 16.5. The average Bonchev–Trinajstić information content (AvgIpc) is 2.40. The molecule has 1 saturated heterocycles. The quantitative estimate of drug-likeness (QED) is 0.868. The summed E-state index contributed by atoms with van der Waals surface area (Å²) in [6.07, 6.45) is 3.91. The van der Waals surface area contributed by atoms with Gasteiger partial charge in [-0.3, -0.25) is 9.69 Å². The van der Waals surface area contributed by atoms with Crippen molar-refractivity contribution in [3.63, 3.8) is 0 Å². The third kappa shape index (κ3) is 2.34. The minimum absolute atomic E-state index is 0.0716. The largest absolute Gasteiger partial charge is 0.481 e. The van der Waals surface area contributed by atoms with Crippen LogP contribution in [0.3, 0.4) is 0 Å². The van der Waals surface area contributed by atoms with Crippen LogP contribution in [0.2, 0.25) is 0 Å². The lowest BCUT2D eigenvalue weighted by Crippen LogP contribution is -2.30. The van der Waals surface area contributed by atoms with Gasteiger partial charge in [-0.15, -0.1) is 0 Å². The zero-order valence-corrected chi connectivity index (χ0v) is 10.4. The summed E-state index contributed by atoms with van der Waals surface area (Å²) in [4.78, 5) is 13.7. The van der Waals surface area contributed by atoms with Crippen molar-refractivity contribution in [2.24, 2.45) is 0 Å². The number of carbonyl (C=O) groups is 1. The zero-order valence-electron chi connectivity index (χ0n) is 10.4. The minimum Gasteiger partial charge on any atom is -0.481 e. The molecule has 0 aliphatic carbocycles. The van der Waals surface area contributed by atoms with E-state index in [-0.39, 0.29) is 12.5 Å². The van der Waals surface area contributed by atoms with Gasteiger partial charge in [0.25, 0.3) is 5.91 Å². The van der Waals surface area contributed by atoms with Gasteiger partial charge in [0, 0.05) is 12.1 Å². The minimum atomic E-state index is -0.0716. The Morgan fingerprint density at radius 1 is 1.22 bits per heavy atom. The lowest BCUT2D eigenvalue weighted by Gasteiger charge is -2.28. The van der Waals surface area contributed by atoms with Crippen LogP contribution in [0.15, 0.2) is 18.2 Å².